The number of benzene rings is 1. The van der Waals surface area contributed by atoms with Crippen molar-refractivity contribution >= 4 is 17.9 Å². The molecule has 1 aromatic carbocycles. The SMILES string of the molecule is CCOc1c(OC(C)=O)ccc(C=NN)c1[N+](=O)[O-]. The summed E-state index contributed by atoms with van der Waals surface area (Å²) in [5, 5.41) is 14.4. The lowest BCUT2D eigenvalue weighted by Gasteiger charge is -2.11. The van der Waals surface area contributed by atoms with Gasteiger partial charge in [0.1, 0.15) is 0 Å². The predicted molar refractivity (Wildman–Crippen MR) is 67.4 cm³/mol. The minimum Gasteiger partial charge on any atom is -0.485 e. The third-order valence-corrected chi connectivity index (χ3v) is 2.07. The van der Waals surface area contributed by atoms with Crippen molar-refractivity contribution in [1.82, 2.24) is 0 Å². The summed E-state index contributed by atoms with van der Waals surface area (Å²) in [6.07, 6.45) is 1.12. The van der Waals surface area contributed by atoms with Crippen LogP contribution in [0, 0.1) is 10.1 Å². The van der Waals surface area contributed by atoms with E-state index < -0.39 is 10.9 Å². The highest BCUT2D eigenvalue weighted by atomic mass is 16.6. The van der Waals surface area contributed by atoms with Crippen LogP contribution in [0.1, 0.15) is 19.4 Å². The van der Waals surface area contributed by atoms with Crippen LogP contribution in [0.5, 0.6) is 11.5 Å². The monoisotopic (exact) mass is 267 g/mol. The molecule has 1 aromatic rings. The van der Waals surface area contributed by atoms with Crippen molar-refractivity contribution in [2.45, 2.75) is 13.8 Å². The molecule has 0 heterocycles. The number of hydrazone groups is 1. The lowest BCUT2D eigenvalue weighted by atomic mass is 10.1. The maximum absolute atomic E-state index is 11.1. The van der Waals surface area contributed by atoms with Gasteiger partial charge in [-0.25, -0.2) is 0 Å². The van der Waals surface area contributed by atoms with Crippen LogP contribution >= 0.6 is 0 Å². The zero-order valence-electron chi connectivity index (χ0n) is 10.5. The number of nitro benzene ring substituents is 1. The first-order valence-corrected chi connectivity index (χ1v) is 5.37. The van der Waals surface area contributed by atoms with Crippen LogP contribution in [0.3, 0.4) is 0 Å². The van der Waals surface area contributed by atoms with E-state index in [-0.39, 0.29) is 29.4 Å². The Labute approximate surface area is 109 Å². The number of carbonyl (C=O) groups excluding carboxylic acids is 1. The average Bonchev–Trinajstić information content (AvgIpc) is 2.32. The number of nitrogens with two attached hydrogens (primary N) is 1. The van der Waals surface area contributed by atoms with Crippen LogP contribution in [0.15, 0.2) is 17.2 Å². The number of hydrogen-bond donors (Lipinski definition) is 1. The lowest BCUT2D eigenvalue weighted by Crippen LogP contribution is -2.07. The van der Waals surface area contributed by atoms with Gasteiger partial charge in [0.15, 0.2) is 5.75 Å². The van der Waals surface area contributed by atoms with E-state index in [9.17, 15) is 14.9 Å². The van der Waals surface area contributed by atoms with Crippen molar-refractivity contribution in [2.24, 2.45) is 10.9 Å². The van der Waals surface area contributed by atoms with Crippen LogP contribution < -0.4 is 15.3 Å². The molecule has 0 bridgehead atoms. The Morgan fingerprint density at radius 1 is 1.58 bits per heavy atom. The normalized spacial score (nSPS) is 10.4. The molecule has 8 nitrogen and oxygen atoms in total. The molecule has 0 aromatic heterocycles. The van der Waals surface area contributed by atoms with E-state index in [0.29, 0.717) is 0 Å². The molecule has 0 amide bonds. The summed E-state index contributed by atoms with van der Waals surface area (Å²) < 4.78 is 10.1. The molecule has 0 unspecified atom stereocenters. The fourth-order valence-corrected chi connectivity index (χ4v) is 1.46. The highest BCUT2D eigenvalue weighted by Gasteiger charge is 2.25. The van der Waals surface area contributed by atoms with Gasteiger partial charge >= 0.3 is 11.7 Å². The van der Waals surface area contributed by atoms with Crippen LogP contribution in [0.4, 0.5) is 5.69 Å². The van der Waals surface area contributed by atoms with Gasteiger partial charge in [-0.2, -0.15) is 5.10 Å². The van der Waals surface area contributed by atoms with E-state index in [2.05, 4.69) is 5.10 Å². The smallest absolute Gasteiger partial charge is 0.323 e. The molecule has 19 heavy (non-hydrogen) atoms. The Bertz CT molecular complexity index is 527. The van der Waals surface area contributed by atoms with Gasteiger partial charge < -0.3 is 15.3 Å². The zero-order valence-corrected chi connectivity index (χ0v) is 10.5. The number of hydrogen-bond acceptors (Lipinski definition) is 7. The molecular weight excluding hydrogens is 254 g/mol. The minimum absolute atomic E-state index is 0.0183. The minimum atomic E-state index is -0.644. The second-order valence-corrected chi connectivity index (χ2v) is 3.39. The fraction of sp³-hybridized carbons (Fsp3) is 0.273. The Morgan fingerprint density at radius 2 is 2.26 bits per heavy atom. The number of rotatable bonds is 5. The summed E-state index contributed by atoms with van der Waals surface area (Å²) in [5.74, 6) is 4.25. The van der Waals surface area contributed by atoms with E-state index in [4.69, 9.17) is 15.3 Å². The third-order valence-electron chi connectivity index (χ3n) is 2.07. The van der Waals surface area contributed by atoms with Gasteiger partial charge in [-0.3, -0.25) is 14.9 Å². The van der Waals surface area contributed by atoms with Crippen LogP contribution in [0.2, 0.25) is 0 Å². The van der Waals surface area contributed by atoms with E-state index >= 15 is 0 Å². The zero-order chi connectivity index (χ0) is 14.4. The summed E-state index contributed by atoms with van der Waals surface area (Å²) in [5.41, 5.74) is -0.193. The summed E-state index contributed by atoms with van der Waals surface area (Å²) in [7, 11) is 0. The number of nitro groups is 1. The van der Waals surface area contributed by atoms with E-state index in [1.807, 2.05) is 0 Å². The van der Waals surface area contributed by atoms with Crippen molar-refractivity contribution < 1.29 is 19.2 Å². The quantitative estimate of drug-likeness (QED) is 0.214. The first-order chi connectivity index (χ1) is 9.01. The second kappa shape index (κ2) is 6.34. The molecule has 0 radical (unpaired) electrons. The molecule has 0 fully saturated rings. The van der Waals surface area contributed by atoms with Gasteiger partial charge in [0.05, 0.1) is 23.3 Å². The molecule has 0 atom stereocenters. The Kier molecular flexibility index (Phi) is 4.81. The topological polar surface area (TPSA) is 117 Å². The molecule has 8 heteroatoms. The maximum Gasteiger partial charge on any atom is 0.323 e. The van der Waals surface area contributed by atoms with Gasteiger partial charge in [0.25, 0.3) is 0 Å². The largest absolute Gasteiger partial charge is 0.485 e. The Balaban J connectivity index is 3.47. The fourth-order valence-electron chi connectivity index (χ4n) is 1.46. The number of carbonyl (C=O) groups is 1. The third kappa shape index (κ3) is 3.41. The average molecular weight is 267 g/mol. The highest BCUT2D eigenvalue weighted by molar-refractivity contribution is 5.88. The van der Waals surface area contributed by atoms with Gasteiger partial charge in [-0.1, -0.05) is 0 Å². The number of esters is 1. The molecule has 2 N–H and O–H groups in total. The van der Waals surface area contributed by atoms with Gasteiger partial charge in [0.2, 0.25) is 5.75 Å². The van der Waals surface area contributed by atoms with E-state index in [1.165, 1.54) is 19.1 Å². The first kappa shape index (κ1) is 14.4. The molecule has 102 valence electrons. The van der Waals surface area contributed by atoms with Crippen LogP contribution in [-0.2, 0) is 4.79 Å². The van der Waals surface area contributed by atoms with E-state index in [1.54, 1.807) is 6.92 Å². The van der Waals surface area contributed by atoms with Crippen molar-refractivity contribution in [2.75, 3.05) is 6.61 Å². The van der Waals surface area contributed by atoms with Crippen molar-refractivity contribution in [3.05, 3.63) is 27.8 Å². The number of nitrogens with zero attached hydrogens (tertiary/aromatic N) is 2. The summed E-state index contributed by atoms with van der Waals surface area (Å²) in [6.45, 7) is 3.03. The van der Waals surface area contributed by atoms with Gasteiger partial charge in [-0.05, 0) is 19.1 Å². The van der Waals surface area contributed by atoms with Gasteiger partial charge in [0, 0.05) is 6.92 Å². The van der Waals surface area contributed by atoms with Crippen molar-refractivity contribution in [1.29, 1.82) is 0 Å². The second-order valence-electron chi connectivity index (χ2n) is 3.39. The molecule has 0 saturated heterocycles. The molecule has 0 aliphatic carbocycles. The highest BCUT2D eigenvalue weighted by Crippen LogP contribution is 2.39. The summed E-state index contributed by atoms with van der Waals surface area (Å²) >= 11 is 0. The molecule has 0 saturated carbocycles. The van der Waals surface area contributed by atoms with Crippen molar-refractivity contribution in [3.63, 3.8) is 0 Å². The van der Waals surface area contributed by atoms with Crippen LogP contribution in [0.25, 0.3) is 0 Å². The van der Waals surface area contributed by atoms with E-state index in [0.717, 1.165) is 6.21 Å². The summed E-state index contributed by atoms with van der Waals surface area (Å²) in [4.78, 5) is 21.4. The summed E-state index contributed by atoms with van der Waals surface area (Å²) in [6, 6.07) is 2.76. The predicted octanol–water partition coefficient (Wildman–Crippen LogP) is 1.21. The van der Waals surface area contributed by atoms with Gasteiger partial charge in [-0.15, -0.1) is 0 Å². The lowest BCUT2D eigenvalue weighted by molar-refractivity contribution is -0.386. The maximum atomic E-state index is 11.1. The van der Waals surface area contributed by atoms with Crippen molar-refractivity contribution in [3.8, 4) is 11.5 Å². The molecule has 0 spiro atoms. The molecular formula is C11H13N3O5. The Morgan fingerprint density at radius 3 is 2.74 bits per heavy atom. The van der Waals surface area contributed by atoms with Crippen LogP contribution in [-0.4, -0.2) is 23.7 Å². The number of ether oxygens (including phenoxy) is 2. The Hall–Kier alpha value is -2.64. The first-order valence-electron chi connectivity index (χ1n) is 5.37. The molecule has 0 aliphatic rings. The standard InChI is InChI=1S/C11H13N3O5/c1-3-18-11-9(19-7(2)15)5-4-8(6-13-12)10(11)14(16)17/h4-6H,3,12H2,1-2H3. The molecule has 0 aliphatic heterocycles. The molecule has 1 rings (SSSR count).